The number of benzene rings is 3. The van der Waals surface area contributed by atoms with Crippen LogP contribution in [0.3, 0.4) is 0 Å². The molecule has 0 atom stereocenters. The summed E-state index contributed by atoms with van der Waals surface area (Å²) >= 11 is 0. The summed E-state index contributed by atoms with van der Waals surface area (Å²) in [5.41, 5.74) is 3.63. The lowest BCUT2D eigenvalue weighted by Gasteiger charge is -2.26. The van der Waals surface area contributed by atoms with Gasteiger partial charge < -0.3 is 4.90 Å². The van der Waals surface area contributed by atoms with E-state index in [-0.39, 0.29) is 24.5 Å². The van der Waals surface area contributed by atoms with Crippen LogP contribution in [0.25, 0.3) is 0 Å². The van der Waals surface area contributed by atoms with Crippen molar-refractivity contribution in [3.63, 3.8) is 0 Å². The lowest BCUT2D eigenvalue weighted by Crippen LogP contribution is -2.42. The van der Waals surface area contributed by atoms with E-state index in [2.05, 4.69) is 0 Å². The van der Waals surface area contributed by atoms with Gasteiger partial charge in [-0.05, 0) is 49.9 Å². The Kier molecular flexibility index (Phi) is 8.23. The molecule has 0 saturated heterocycles. The average molecular weight is 483 g/mol. The molecule has 34 heavy (non-hydrogen) atoms. The van der Waals surface area contributed by atoms with Crippen LogP contribution in [-0.2, 0) is 27.8 Å². The van der Waals surface area contributed by atoms with Gasteiger partial charge in [0, 0.05) is 25.7 Å². The molecule has 1 amide bonds. The molecular weight excluding hydrogens is 451 g/mol. The molecule has 0 aliphatic rings. The van der Waals surface area contributed by atoms with Gasteiger partial charge in [-0.2, -0.15) is 4.31 Å². The van der Waals surface area contributed by atoms with Gasteiger partial charge in [0.2, 0.25) is 15.9 Å². The number of carbonyl (C=O) groups excluding carboxylic acids is 1. The smallest absolute Gasteiger partial charge is 0.244 e. The van der Waals surface area contributed by atoms with Gasteiger partial charge in [-0.25, -0.2) is 12.8 Å². The highest BCUT2D eigenvalue weighted by Crippen LogP contribution is 2.26. The number of halogens is 1. The minimum atomic E-state index is -3.95. The zero-order chi connectivity index (χ0) is 24.9. The van der Waals surface area contributed by atoms with E-state index in [4.69, 9.17) is 0 Å². The maximum atomic E-state index is 14.1. The Morgan fingerprint density at radius 2 is 1.50 bits per heavy atom. The molecule has 5 nitrogen and oxygen atoms in total. The third-order valence-corrected chi connectivity index (χ3v) is 7.95. The molecule has 0 radical (unpaired) electrons. The van der Waals surface area contributed by atoms with Crippen molar-refractivity contribution in [1.82, 2.24) is 9.21 Å². The van der Waals surface area contributed by atoms with E-state index in [0.717, 1.165) is 11.1 Å². The molecule has 3 aromatic carbocycles. The van der Waals surface area contributed by atoms with Crippen LogP contribution in [0.4, 0.5) is 4.39 Å². The third-order valence-electron chi connectivity index (χ3n) is 5.80. The number of amides is 1. The molecule has 0 heterocycles. The first-order valence-electron chi connectivity index (χ1n) is 11.2. The van der Waals surface area contributed by atoms with Gasteiger partial charge in [0.15, 0.2) is 0 Å². The Morgan fingerprint density at radius 1 is 0.912 bits per heavy atom. The predicted molar refractivity (Wildman–Crippen MR) is 132 cm³/mol. The molecule has 0 N–H and O–H groups in total. The quantitative estimate of drug-likeness (QED) is 0.446. The van der Waals surface area contributed by atoms with Crippen LogP contribution in [0, 0.1) is 26.6 Å². The monoisotopic (exact) mass is 482 g/mol. The first kappa shape index (κ1) is 25.6. The lowest BCUT2D eigenvalue weighted by molar-refractivity contribution is -0.130. The second kappa shape index (κ2) is 10.9. The Labute approximate surface area is 201 Å². The number of sulfonamides is 1. The van der Waals surface area contributed by atoms with E-state index in [1.165, 1.54) is 15.3 Å². The number of rotatable bonds is 9. The van der Waals surface area contributed by atoms with Crippen LogP contribution >= 0.6 is 0 Å². The molecule has 180 valence electrons. The predicted octanol–water partition coefficient (Wildman–Crippen LogP) is 4.64. The van der Waals surface area contributed by atoms with Crippen LogP contribution in [-0.4, -0.2) is 43.7 Å². The van der Waals surface area contributed by atoms with E-state index >= 15 is 0 Å². The topological polar surface area (TPSA) is 57.7 Å². The maximum Gasteiger partial charge on any atom is 0.244 e. The van der Waals surface area contributed by atoms with Gasteiger partial charge in [0.25, 0.3) is 0 Å². The third kappa shape index (κ3) is 6.10. The van der Waals surface area contributed by atoms with E-state index in [0.29, 0.717) is 23.1 Å². The SMILES string of the molecule is Cc1cc(C)c(S(=O)(=O)N(CCc2ccccc2)CC(=O)N(C)Cc2ccccc2F)c(C)c1. The largest absolute Gasteiger partial charge is 0.340 e. The Hall–Kier alpha value is -3.03. The normalized spacial score (nSPS) is 11.6. The molecule has 0 aliphatic carbocycles. The summed E-state index contributed by atoms with van der Waals surface area (Å²) < 4.78 is 42.9. The van der Waals surface area contributed by atoms with Gasteiger partial charge >= 0.3 is 0 Å². The van der Waals surface area contributed by atoms with Gasteiger partial charge in [0.1, 0.15) is 5.82 Å². The molecule has 0 fully saturated rings. The fourth-order valence-electron chi connectivity index (χ4n) is 4.13. The summed E-state index contributed by atoms with van der Waals surface area (Å²) in [5.74, 6) is -0.802. The van der Waals surface area contributed by atoms with Crippen LogP contribution in [0.5, 0.6) is 0 Å². The second-order valence-corrected chi connectivity index (χ2v) is 10.5. The van der Waals surface area contributed by atoms with Crippen molar-refractivity contribution >= 4 is 15.9 Å². The first-order valence-corrected chi connectivity index (χ1v) is 12.6. The summed E-state index contributed by atoms with van der Waals surface area (Å²) in [6.07, 6.45) is 0.467. The van der Waals surface area contributed by atoms with E-state index < -0.39 is 21.7 Å². The number of carbonyl (C=O) groups is 1. The molecule has 3 rings (SSSR count). The van der Waals surface area contributed by atoms with Gasteiger partial charge in [-0.15, -0.1) is 0 Å². The molecule has 0 aliphatic heterocycles. The van der Waals surface area contributed by atoms with Crippen LogP contribution in [0.1, 0.15) is 27.8 Å². The van der Waals surface area contributed by atoms with Crippen molar-refractivity contribution in [3.8, 4) is 0 Å². The molecule has 0 saturated carbocycles. The number of aryl methyl sites for hydroxylation is 3. The highest BCUT2D eigenvalue weighted by Gasteiger charge is 2.30. The van der Waals surface area contributed by atoms with Gasteiger partial charge in [0.05, 0.1) is 11.4 Å². The van der Waals surface area contributed by atoms with Gasteiger partial charge in [-0.3, -0.25) is 4.79 Å². The standard InChI is InChI=1S/C27H31FN2O3S/c1-20-16-21(2)27(22(3)17-20)34(32,33)30(15-14-23-10-6-5-7-11-23)19-26(31)29(4)18-24-12-8-9-13-25(24)28/h5-13,16-17H,14-15,18-19H2,1-4H3. The zero-order valence-electron chi connectivity index (χ0n) is 20.1. The molecule has 0 unspecified atom stereocenters. The van der Waals surface area contributed by atoms with Gasteiger partial charge in [-0.1, -0.05) is 66.2 Å². The van der Waals surface area contributed by atoms with Crippen molar-refractivity contribution in [2.75, 3.05) is 20.1 Å². The Morgan fingerprint density at radius 3 is 2.12 bits per heavy atom. The van der Waals surface area contributed by atoms with Crippen molar-refractivity contribution in [1.29, 1.82) is 0 Å². The summed E-state index contributed by atoms with van der Waals surface area (Å²) in [4.78, 5) is 14.7. The molecule has 0 spiro atoms. The van der Waals surface area contributed by atoms with Crippen molar-refractivity contribution in [2.24, 2.45) is 0 Å². The van der Waals surface area contributed by atoms with E-state index in [1.54, 1.807) is 39.1 Å². The van der Waals surface area contributed by atoms with Crippen molar-refractivity contribution in [2.45, 2.75) is 38.6 Å². The number of likely N-dealkylation sites (N-methyl/N-ethyl adjacent to an activating group) is 1. The second-order valence-electron chi connectivity index (χ2n) is 8.64. The lowest BCUT2D eigenvalue weighted by atomic mass is 10.1. The Bertz CT molecular complexity index is 1240. The summed E-state index contributed by atoms with van der Waals surface area (Å²) in [6, 6.07) is 19.5. The number of nitrogens with zero attached hydrogens (tertiary/aromatic N) is 2. The summed E-state index contributed by atoms with van der Waals surface area (Å²) in [6.45, 7) is 5.35. The van der Waals surface area contributed by atoms with Crippen LogP contribution in [0.15, 0.2) is 71.6 Å². The number of hydrogen-bond acceptors (Lipinski definition) is 3. The summed E-state index contributed by atoms with van der Waals surface area (Å²) in [7, 11) is -2.39. The Balaban J connectivity index is 1.89. The minimum Gasteiger partial charge on any atom is -0.340 e. The minimum absolute atomic E-state index is 0.0562. The van der Waals surface area contributed by atoms with E-state index in [1.807, 2.05) is 49.4 Å². The molecule has 7 heteroatoms. The van der Waals surface area contributed by atoms with Crippen LogP contribution < -0.4 is 0 Å². The molecule has 0 bridgehead atoms. The highest BCUT2D eigenvalue weighted by molar-refractivity contribution is 7.89. The fraction of sp³-hybridized carbons (Fsp3) is 0.296. The maximum absolute atomic E-state index is 14.1. The highest BCUT2D eigenvalue weighted by atomic mass is 32.2. The van der Waals surface area contributed by atoms with Crippen LogP contribution in [0.2, 0.25) is 0 Å². The molecule has 3 aromatic rings. The molecular formula is C27H31FN2O3S. The molecule has 0 aromatic heterocycles. The fourth-order valence-corrected chi connectivity index (χ4v) is 5.93. The average Bonchev–Trinajstić information content (AvgIpc) is 2.77. The van der Waals surface area contributed by atoms with E-state index in [9.17, 15) is 17.6 Å². The van der Waals surface area contributed by atoms with Crippen molar-refractivity contribution in [3.05, 3.63) is 100 Å². The zero-order valence-corrected chi connectivity index (χ0v) is 20.9. The first-order chi connectivity index (χ1) is 16.1. The van der Waals surface area contributed by atoms with Crippen molar-refractivity contribution < 1.29 is 17.6 Å². The summed E-state index contributed by atoms with van der Waals surface area (Å²) in [5, 5.41) is 0. The number of hydrogen-bond donors (Lipinski definition) is 0.